The van der Waals surface area contributed by atoms with Crippen molar-refractivity contribution < 1.29 is 19.1 Å². The number of benzene rings is 2. The molecule has 0 aliphatic carbocycles. The second-order valence-corrected chi connectivity index (χ2v) is 7.54. The molecule has 2 heterocycles. The third kappa shape index (κ3) is 5.00. The number of nitrogens with zero attached hydrogens (tertiary/aromatic N) is 1. The van der Waals surface area contributed by atoms with Gasteiger partial charge in [-0.2, -0.15) is 0 Å². The molecule has 0 spiro atoms. The Labute approximate surface area is 176 Å². The van der Waals surface area contributed by atoms with E-state index in [1.54, 1.807) is 17.1 Å². The number of rotatable bonds is 4. The first-order chi connectivity index (χ1) is 14.7. The van der Waals surface area contributed by atoms with E-state index < -0.39 is 0 Å². The number of hydrogen-bond acceptors (Lipinski definition) is 4. The van der Waals surface area contributed by atoms with Crippen LogP contribution in [0, 0.1) is 5.92 Å². The first kappa shape index (κ1) is 20.0. The van der Waals surface area contributed by atoms with E-state index >= 15 is 0 Å². The molecule has 0 unspecified atom stereocenters. The number of piperidine rings is 1. The number of fused-ring (bicyclic) bond motifs is 1. The molecule has 0 aromatic heterocycles. The predicted molar refractivity (Wildman–Crippen MR) is 115 cm³/mol. The fourth-order valence-corrected chi connectivity index (χ4v) is 3.68. The van der Waals surface area contributed by atoms with Gasteiger partial charge in [0.15, 0.2) is 11.5 Å². The number of nitrogens with one attached hydrogen (secondary N) is 1. The summed E-state index contributed by atoms with van der Waals surface area (Å²) in [5.74, 6) is 1.37. The molecule has 2 aromatic carbocycles. The van der Waals surface area contributed by atoms with E-state index in [0.717, 1.165) is 23.4 Å². The molecule has 2 aliphatic rings. The Morgan fingerprint density at radius 2 is 1.70 bits per heavy atom. The molecule has 2 aromatic rings. The Hall–Kier alpha value is -3.28. The Balaban J connectivity index is 1.29. The molecular formula is C24H26N2O4. The topological polar surface area (TPSA) is 67.9 Å². The minimum atomic E-state index is -0.0695. The van der Waals surface area contributed by atoms with Crippen LogP contribution in [0.3, 0.4) is 0 Å². The zero-order valence-corrected chi connectivity index (χ0v) is 16.9. The molecule has 0 atom stereocenters. The Morgan fingerprint density at radius 3 is 2.47 bits per heavy atom. The largest absolute Gasteiger partial charge is 0.490 e. The molecule has 0 bridgehead atoms. The van der Waals surface area contributed by atoms with E-state index in [0.29, 0.717) is 44.9 Å². The molecule has 0 radical (unpaired) electrons. The Morgan fingerprint density at radius 1 is 0.967 bits per heavy atom. The van der Waals surface area contributed by atoms with Crippen molar-refractivity contribution in [2.24, 2.45) is 5.92 Å². The van der Waals surface area contributed by atoms with Crippen molar-refractivity contribution in [2.45, 2.75) is 19.3 Å². The number of ether oxygens (including phenoxy) is 2. The smallest absolute Gasteiger partial charge is 0.246 e. The van der Waals surface area contributed by atoms with Crippen molar-refractivity contribution >= 4 is 23.6 Å². The summed E-state index contributed by atoms with van der Waals surface area (Å²) in [6, 6.07) is 15.1. The average molecular weight is 406 g/mol. The highest BCUT2D eigenvalue weighted by atomic mass is 16.5. The monoisotopic (exact) mass is 406 g/mol. The lowest BCUT2D eigenvalue weighted by Gasteiger charge is -2.30. The summed E-state index contributed by atoms with van der Waals surface area (Å²) in [4.78, 5) is 26.8. The summed E-state index contributed by atoms with van der Waals surface area (Å²) in [5, 5.41) is 2.95. The van der Waals surface area contributed by atoms with Crippen molar-refractivity contribution in [1.29, 1.82) is 0 Å². The lowest BCUT2D eigenvalue weighted by atomic mass is 9.95. The summed E-state index contributed by atoms with van der Waals surface area (Å²) in [7, 11) is 0. The minimum Gasteiger partial charge on any atom is -0.490 e. The highest BCUT2D eigenvalue weighted by molar-refractivity contribution is 5.94. The van der Waals surface area contributed by atoms with Crippen molar-refractivity contribution in [3.63, 3.8) is 0 Å². The first-order valence-corrected chi connectivity index (χ1v) is 10.4. The normalized spacial score (nSPS) is 16.9. The third-order valence-electron chi connectivity index (χ3n) is 5.41. The number of carbonyl (C=O) groups excluding carboxylic acids is 2. The second kappa shape index (κ2) is 9.48. The second-order valence-electron chi connectivity index (χ2n) is 7.54. The predicted octanol–water partition coefficient (Wildman–Crippen LogP) is 3.74. The lowest BCUT2D eigenvalue weighted by Crippen LogP contribution is -2.40. The van der Waals surface area contributed by atoms with Crippen LogP contribution in [0.5, 0.6) is 11.5 Å². The van der Waals surface area contributed by atoms with Crippen LogP contribution in [-0.4, -0.2) is 43.0 Å². The van der Waals surface area contributed by atoms with Crippen LogP contribution in [0.4, 0.5) is 5.69 Å². The molecular weight excluding hydrogens is 380 g/mol. The Kier molecular flexibility index (Phi) is 6.32. The van der Waals surface area contributed by atoms with Crippen LogP contribution in [0.15, 0.2) is 54.6 Å². The van der Waals surface area contributed by atoms with Gasteiger partial charge in [-0.15, -0.1) is 0 Å². The summed E-state index contributed by atoms with van der Waals surface area (Å²) in [6.45, 7) is 2.44. The number of hydrogen-bond donors (Lipinski definition) is 1. The standard InChI is InChI=1S/C24H26N2O4/c27-23(10-8-18-7-9-21-22(17-18)30-16-4-15-29-21)26-13-11-19(12-14-26)24(28)25-20-5-2-1-3-6-20/h1-3,5-10,17,19H,4,11-16H2,(H,25,28)/b10-8+. The maximum atomic E-state index is 12.6. The summed E-state index contributed by atoms with van der Waals surface area (Å²) in [6.07, 6.45) is 5.58. The quantitative estimate of drug-likeness (QED) is 0.786. The van der Waals surface area contributed by atoms with Gasteiger partial charge in [-0.25, -0.2) is 0 Å². The van der Waals surface area contributed by atoms with Crippen molar-refractivity contribution in [1.82, 2.24) is 4.90 Å². The van der Waals surface area contributed by atoms with Gasteiger partial charge >= 0.3 is 0 Å². The van der Waals surface area contributed by atoms with E-state index in [4.69, 9.17) is 9.47 Å². The highest BCUT2D eigenvalue weighted by Gasteiger charge is 2.26. The molecule has 6 heteroatoms. The van der Waals surface area contributed by atoms with E-state index in [-0.39, 0.29) is 17.7 Å². The van der Waals surface area contributed by atoms with Gasteiger partial charge in [-0.3, -0.25) is 9.59 Å². The van der Waals surface area contributed by atoms with Gasteiger partial charge in [0.05, 0.1) is 13.2 Å². The number of para-hydroxylation sites is 1. The summed E-state index contributed by atoms with van der Waals surface area (Å²) >= 11 is 0. The third-order valence-corrected chi connectivity index (χ3v) is 5.41. The van der Waals surface area contributed by atoms with Crippen molar-refractivity contribution in [3.05, 3.63) is 60.2 Å². The molecule has 4 rings (SSSR count). The van der Waals surface area contributed by atoms with E-state index in [9.17, 15) is 9.59 Å². The van der Waals surface area contributed by atoms with Gasteiger partial charge in [0.25, 0.3) is 0 Å². The van der Waals surface area contributed by atoms with Gasteiger partial charge in [0, 0.05) is 37.2 Å². The van der Waals surface area contributed by atoms with Gasteiger partial charge in [-0.1, -0.05) is 24.3 Å². The molecule has 6 nitrogen and oxygen atoms in total. The lowest BCUT2D eigenvalue weighted by molar-refractivity contribution is -0.130. The van der Waals surface area contributed by atoms with Gasteiger partial charge in [-0.05, 0) is 48.7 Å². The molecule has 30 heavy (non-hydrogen) atoms. The van der Waals surface area contributed by atoms with Crippen LogP contribution in [0.25, 0.3) is 6.08 Å². The summed E-state index contributed by atoms with van der Waals surface area (Å²) < 4.78 is 11.3. The van der Waals surface area contributed by atoms with Crippen LogP contribution >= 0.6 is 0 Å². The van der Waals surface area contributed by atoms with E-state index in [1.165, 1.54) is 0 Å². The molecule has 1 saturated heterocycles. The van der Waals surface area contributed by atoms with Gasteiger partial charge in [0.2, 0.25) is 11.8 Å². The minimum absolute atomic E-state index is 0.0241. The molecule has 2 aliphatic heterocycles. The SMILES string of the molecule is O=C(Nc1ccccc1)C1CCN(C(=O)/C=C/c2ccc3c(c2)OCCCO3)CC1. The zero-order valence-electron chi connectivity index (χ0n) is 16.9. The maximum Gasteiger partial charge on any atom is 0.246 e. The van der Waals surface area contributed by atoms with Crippen molar-refractivity contribution in [3.8, 4) is 11.5 Å². The summed E-state index contributed by atoms with van der Waals surface area (Å²) in [5.41, 5.74) is 1.70. The van der Waals surface area contributed by atoms with Crippen molar-refractivity contribution in [2.75, 3.05) is 31.6 Å². The molecule has 0 saturated carbocycles. The average Bonchev–Trinajstić information content (AvgIpc) is 3.03. The van der Waals surface area contributed by atoms with E-state index in [1.807, 2.05) is 48.5 Å². The Bertz CT molecular complexity index is 918. The van der Waals surface area contributed by atoms with Gasteiger partial charge < -0.3 is 19.7 Å². The zero-order chi connectivity index (χ0) is 20.8. The molecule has 2 amide bonds. The fourth-order valence-electron chi connectivity index (χ4n) is 3.68. The van der Waals surface area contributed by atoms with Crippen LogP contribution in [-0.2, 0) is 9.59 Å². The van der Waals surface area contributed by atoms with E-state index in [2.05, 4.69) is 5.32 Å². The van der Waals surface area contributed by atoms with Crippen LogP contribution in [0.1, 0.15) is 24.8 Å². The molecule has 1 fully saturated rings. The number of anilines is 1. The maximum absolute atomic E-state index is 12.6. The molecule has 156 valence electrons. The van der Waals surface area contributed by atoms with Crippen LogP contribution < -0.4 is 14.8 Å². The van der Waals surface area contributed by atoms with Crippen LogP contribution in [0.2, 0.25) is 0 Å². The fraction of sp³-hybridized carbons (Fsp3) is 0.333. The van der Waals surface area contributed by atoms with Gasteiger partial charge in [0.1, 0.15) is 0 Å². The first-order valence-electron chi connectivity index (χ1n) is 10.4. The number of carbonyl (C=O) groups is 2. The molecule has 1 N–H and O–H groups in total. The number of likely N-dealkylation sites (tertiary alicyclic amines) is 1. The number of amides is 2. The highest BCUT2D eigenvalue weighted by Crippen LogP contribution is 2.30.